The number of aromatic nitrogens is 4. The Balaban J connectivity index is 1.60. The maximum atomic E-state index is 12.8. The molecule has 10 heteroatoms. The Hall–Kier alpha value is -2.91. The smallest absolute Gasteiger partial charge is 0.408 e. The summed E-state index contributed by atoms with van der Waals surface area (Å²) in [5.74, 6) is -0.232. The van der Waals surface area contributed by atoms with Gasteiger partial charge in [0.2, 0.25) is 5.16 Å². The molecule has 0 bridgehead atoms. The summed E-state index contributed by atoms with van der Waals surface area (Å²) in [7, 11) is 0. The first-order valence-electron chi connectivity index (χ1n) is 9.67. The number of rotatable bonds is 9. The lowest BCUT2D eigenvalue weighted by Crippen LogP contribution is -2.42. The molecule has 31 heavy (non-hydrogen) atoms. The highest BCUT2D eigenvalue weighted by Gasteiger charge is 2.22. The minimum Gasteiger partial charge on any atom is -0.445 e. The number of Topliss-reactive ketones (excluding diaryl/α,β-unsaturated/α-hetero) is 1. The second-order valence-electron chi connectivity index (χ2n) is 6.74. The third-order valence-electron chi connectivity index (χ3n) is 4.46. The predicted molar refractivity (Wildman–Crippen MR) is 117 cm³/mol. The summed E-state index contributed by atoms with van der Waals surface area (Å²) in [6, 6.07) is 14.2. The maximum Gasteiger partial charge on any atom is 0.408 e. The highest BCUT2D eigenvalue weighted by molar-refractivity contribution is 7.99. The lowest BCUT2D eigenvalue weighted by Gasteiger charge is -2.16. The van der Waals surface area contributed by atoms with E-state index < -0.39 is 12.1 Å². The van der Waals surface area contributed by atoms with Crippen LogP contribution in [-0.2, 0) is 22.7 Å². The first-order chi connectivity index (χ1) is 15.0. The van der Waals surface area contributed by atoms with Gasteiger partial charge in [-0.05, 0) is 52.7 Å². The number of ketones is 1. The Labute approximate surface area is 189 Å². The van der Waals surface area contributed by atoms with E-state index in [0.29, 0.717) is 16.6 Å². The zero-order valence-corrected chi connectivity index (χ0v) is 18.7. The molecule has 2 aromatic carbocycles. The standard InChI is InChI=1S/C21H22ClN5O3S/c1-3-17(23-21(29)30-13-15-9-5-4-6-10-15)18(28)12-27-20(24-25-26-27)31-19-14(2)8-7-11-16(19)22/h4-11,17H,3,12-13H2,1-2H3,(H,23,29). The van der Waals surface area contributed by atoms with E-state index >= 15 is 0 Å². The van der Waals surface area contributed by atoms with Crippen LogP contribution < -0.4 is 5.32 Å². The molecule has 0 spiro atoms. The summed E-state index contributed by atoms with van der Waals surface area (Å²) in [6.45, 7) is 3.78. The van der Waals surface area contributed by atoms with Gasteiger partial charge in [-0.25, -0.2) is 9.48 Å². The minimum absolute atomic E-state index is 0.0870. The minimum atomic E-state index is -0.715. The molecule has 1 aromatic heterocycles. The molecule has 0 fully saturated rings. The first kappa shape index (κ1) is 22.8. The maximum absolute atomic E-state index is 12.8. The third-order valence-corrected chi connectivity index (χ3v) is 6.11. The molecule has 1 amide bonds. The van der Waals surface area contributed by atoms with Crippen molar-refractivity contribution in [3.05, 3.63) is 64.7 Å². The van der Waals surface area contributed by atoms with Gasteiger partial charge >= 0.3 is 6.09 Å². The third kappa shape index (κ3) is 6.28. The largest absolute Gasteiger partial charge is 0.445 e. The quantitative estimate of drug-likeness (QED) is 0.515. The van der Waals surface area contributed by atoms with Gasteiger partial charge in [-0.1, -0.05) is 61.0 Å². The number of benzene rings is 2. The van der Waals surface area contributed by atoms with Crippen LogP contribution in [0.15, 0.2) is 58.6 Å². The summed E-state index contributed by atoms with van der Waals surface area (Å²) in [5, 5.41) is 15.2. The molecule has 162 valence electrons. The molecule has 0 radical (unpaired) electrons. The topological polar surface area (TPSA) is 99.0 Å². The fraction of sp³-hybridized carbons (Fsp3) is 0.286. The van der Waals surface area contributed by atoms with Crippen molar-refractivity contribution in [1.29, 1.82) is 0 Å². The summed E-state index contributed by atoms with van der Waals surface area (Å²) in [6.07, 6.45) is -0.241. The van der Waals surface area contributed by atoms with E-state index in [4.69, 9.17) is 16.3 Å². The number of hydrogen-bond acceptors (Lipinski definition) is 7. The lowest BCUT2D eigenvalue weighted by atomic mass is 10.1. The average Bonchev–Trinajstić information content (AvgIpc) is 3.20. The van der Waals surface area contributed by atoms with E-state index in [1.54, 1.807) is 6.07 Å². The van der Waals surface area contributed by atoms with Crippen molar-refractivity contribution < 1.29 is 14.3 Å². The molecule has 1 N–H and O–H groups in total. The molecular formula is C21H22ClN5O3S. The van der Waals surface area contributed by atoms with Crippen molar-refractivity contribution in [3.8, 4) is 0 Å². The van der Waals surface area contributed by atoms with Gasteiger partial charge in [0, 0.05) is 4.90 Å². The number of carbonyl (C=O) groups is 2. The van der Waals surface area contributed by atoms with E-state index in [2.05, 4.69) is 20.8 Å². The van der Waals surface area contributed by atoms with Crippen LogP contribution in [0.3, 0.4) is 0 Å². The number of halogens is 1. The number of nitrogens with zero attached hydrogens (tertiary/aromatic N) is 4. The number of amides is 1. The molecule has 1 unspecified atom stereocenters. The Morgan fingerprint density at radius 3 is 2.68 bits per heavy atom. The van der Waals surface area contributed by atoms with Gasteiger partial charge in [-0.3, -0.25) is 4.79 Å². The number of hydrogen-bond donors (Lipinski definition) is 1. The molecule has 3 rings (SSSR count). The molecular weight excluding hydrogens is 438 g/mol. The molecule has 0 aliphatic rings. The van der Waals surface area contributed by atoms with Crippen molar-refractivity contribution >= 4 is 35.2 Å². The first-order valence-corrected chi connectivity index (χ1v) is 10.9. The fourth-order valence-corrected chi connectivity index (χ4v) is 3.98. The van der Waals surface area contributed by atoms with Crippen LogP contribution in [0, 0.1) is 6.92 Å². The fourth-order valence-electron chi connectivity index (χ4n) is 2.78. The van der Waals surface area contributed by atoms with Crippen LogP contribution in [0.25, 0.3) is 0 Å². The van der Waals surface area contributed by atoms with Crippen molar-refractivity contribution in [2.75, 3.05) is 0 Å². The van der Waals surface area contributed by atoms with Crippen LogP contribution in [0.5, 0.6) is 0 Å². The molecule has 1 atom stereocenters. The monoisotopic (exact) mass is 459 g/mol. The number of tetrazole rings is 1. The molecule has 8 nitrogen and oxygen atoms in total. The number of nitrogens with one attached hydrogen (secondary N) is 1. The molecule has 1 heterocycles. The highest BCUT2D eigenvalue weighted by atomic mass is 35.5. The van der Waals surface area contributed by atoms with Crippen LogP contribution in [0.1, 0.15) is 24.5 Å². The van der Waals surface area contributed by atoms with E-state index in [-0.39, 0.29) is 18.9 Å². The van der Waals surface area contributed by atoms with Crippen LogP contribution in [0.4, 0.5) is 4.79 Å². The molecule has 3 aromatic rings. The summed E-state index contributed by atoms with van der Waals surface area (Å²) >= 11 is 7.57. The average molecular weight is 460 g/mol. The van der Waals surface area contributed by atoms with E-state index in [9.17, 15) is 9.59 Å². The Morgan fingerprint density at radius 2 is 1.97 bits per heavy atom. The van der Waals surface area contributed by atoms with Gasteiger partial charge in [-0.15, -0.1) is 5.10 Å². The molecule has 0 aliphatic carbocycles. The van der Waals surface area contributed by atoms with E-state index in [1.807, 2.05) is 56.3 Å². The van der Waals surface area contributed by atoms with Crippen LogP contribution in [-0.4, -0.2) is 38.1 Å². The molecule has 0 aliphatic heterocycles. The number of ether oxygens (including phenoxy) is 1. The van der Waals surface area contributed by atoms with E-state index in [0.717, 1.165) is 16.0 Å². The second kappa shape index (κ2) is 10.9. The summed E-state index contributed by atoms with van der Waals surface area (Å²) in [5.41, 5.74) is 1.84. The number of aryl methyl sites for hydroxylation is 1. The van der Waals surface area contributed by atoms with Gasteiger partial charge < -0.3 is 10.1 Å². The second-order valence-corrected chi connectivity index (χ2v) is 8.12. The van der Waals surface area contributed by atoms with Gasteiger partial charge in [0.05, 0.1) is 11.1 Å². The Morgan fingerprint density at radius 1 is 1.19 bits per heavy atom. The normalized spacial score (nSPS) is 11.7. The van der Waals surface area contributed by atoms with Gasteiger partial charge in [0.25, 0.3) is 0 Å². The molecule has 0 saturated carbocycles. The van der Waals surface area contributed by atoms with Crippen molar-refractivity contribution in [3.63, 3.8) is 0 Å². The highest BCUT2D eigenvalue weighted by Crippen LogP contribution is 2.34. The summed E-state index contributed by atoms with van der Waals surface area (Å²) < 4.78 is 6.60. The van der Waals surface area contributed by atoms with Crippen LogP contribution in [0.2, 0.25) is 5.02 Å². The van der Waals surface area contributed by atoms with Gasteiger partial charge in [-0.2, -0.15) is 0 Å². The lowest BCUT2D eigenvalue weighted by molar-refractivity contribution is -0.122. The van der Waals surface area contributed by atoms with Crippen molar-refractivity contribution in [1.82, 2.24) is 25.5 Å². The van der Waals surface area contributed by atoms with Gasteiger partial charge in [0.1, 0.15) is 13.2 Å². The van der Waals surface area contributed by atoms with E-state index in [1.165, 1.54) is 16.4 Å². The zero-order chi connectivity index (χ0) is 22.2. The SMILES string of the molecule is CCC(NC(=O)OCc1ccccc1)C(=O)Cn1nnnc1Sc1c(C)cccc1Cl. The zero-order valence-electron chi connectivity index (χ0n) is 17.1. The Bertz CT molecular complexity index is 1020. The van der Waals surface area contributed by atoms with Crippen molar-refractivity contribution in [2.24, 2.45) is 0 Å². The van der Waals surface area contributed by atoms with Crippen molar-refractivity contribution in [2.45, 2.75) is 49.5 Å². The Kier molecular flexibility index (Phi) is 8.02. The molecule has 0 saturated heterocycles. The summed E-state index contributed by atoms with van der Waals surface area (Å²) in [4.78, 5) is 25.7. The van der Waals surface area contributed by atoms with Crippen LogP contribution >= 0.6 is 23.4 Å². The number of alkyl carbamates (subject to hydrolysis) is 1. The predicted octanol–water partition coefficient (Wildman–Crippen LogP) is 4.06. The van der Waals surface area contributed by atoms with Gasteiger partial charge in [0.15, 0.2) is 5.78 Å². The number of carbonyl (C=O) groups excluding carboxylic acids is 2.